The highest BCUT2D eigenvalue weighted by Crippen LogP contribution is 2.25. The lowest BCUT2D eigenvalue weighted by atomic mass is 10.0. The second-order valence-corrected chi connectivity index (χ2v) is 8.31. The third kappa shape index (κ3) is 4.03. The van der Waals surface area contributed by atoms with Crippen molar-refractivity contribution in [3.63, 3.8) is 0 Å². The zero-order valence-corrected chi connectivity index (χ0v) is 16.1. The molecule has 6 nitrogen and oxygen atoms in total. The summed E-state index contributed by atoms with van der Waals surface area (Å²) in [6.45, 7) is 5.38. The number of hydrogen-bond donors (Lipinski definition) is 1. The molecule has 1 unspecified atom stereocenters. The van der Waals surface area contributed by atoms with E-state index >= 15 is 0 Å². The van der Waals surface area contributed by atoms with Gasteiger partial charge in [-0.2, -0.15) is 0 Å². The Kier molecular flexibility index (Phi) is 5.14. The first-order valence-corrected chi connectivity index (χ1v) is 10.4. The van der Waals surface area contributed by atoms with Crippen molar-refractivity contribution in [1.29, 1.82) is 0 Å². The summed E-state index contributed by atoms with van der Waals surface area (Å²) in [5, 5.41) is 7.91. The Hall–Kier alpha value is -2.03. The number of thiazole rings is 2. The fraction of sp³-hybridized carbons (Fsp3) is 0.389. The fourth-order valence-corrected chi connectivity index (χ4v) is 4.61. The minimum absolute atomic E-state index is 0.244. The molecular weight excluding hydrogens is 368 g/mol. The van der Waals surface area contributed by atoms with E-state index in [1.54, 1.807) is 17.7 Å². The lowest BCUT2D eigenvalue weighted by molar-refractivity contribution is 0.102. The van der Waals surface area contributed by atoms with Gasteiger partial charge in [0.25, 0.3) is 5.91 Å². The van der Waals surface area contributed by atoms with Gasteiger partial charge in [-0.1, -0.05) is 6.92 Å². The van der Waals surface area contributed by atoms with Crippen LogP contribution in [-0.2, 0) is 6.54 Å². The number of furan rings is 1. The van der Waals surface area contributed by atoms with Gasteiger partial charge in [-0.3, -0.25) is 15.0 Å². The van der Waals surface area contributed by atoms with Crippen LogP contribution in [0.2, 0.25) is 0 Å². The van der Waals surface area contributed by atoms with Crippen LogP contribution in [0.4, 0.5) is 5.13 Å². The maximum absolute atomic E-state index is 12.4. The predicted molar refractivity (Wildman–Crippen MR) is 104 cm³/mol. The summed E-state index contributed by atoms with van der Waals surface area (Å²) in [6.07, 6.45) is 4.15. The third-order valence-electron chi connectivity index (χ3n) is 4.37. The van der Waals surface area contributed by atoms with Crippen molar-refractivity contribution in [2.24, 2.45) is 5.92 Å². The number of rotatable bonds is 5. The van der Waals surface area contributed by atoms with Gasteiger partial charge < -0.3 is 4.42 Å². The zero-order valence-electron chi connectivity index (χ0n) is 14.5. The first-order valence-electron chi connectivity index (χ1n) is 8.65. The van der Waals surface area contributed by atoms with Gasteiger partial charge in [0.2, 0.25) is 0 Å². The molecule has 3 aromatic rings. The molecule has 0 bridgehead atoms. The van der Waals surface area contributed by atoms with Gasteiger partial charge in [0.05, 0.1) is 12.0 Å². The molecule has 0 spiro atoms. The van der Waals surface area contributed by atoms with E-state index < -0.39 is 0 Å². The second kappa shape index (κ2) is 7.69. The third-order valence-corrected chi connectivity index (χ3v) is 6.03. The van der Waals surface area contributed by atoms with E-state index in [4.69, 9.17) is 4.42 Å². The molecule has 4 rings (SSSR count). The predicted octanol–water partition coefficient (Wildman–Crippen LogP) is 4.34. The molecule has 0 radical (unpaired) electrons. The highest BCUT2D eigenvalue weighted by atomic mass is 32.1. The Labute approximate surface area is 159 Å². The van der Waals surface area contributed by atoms with Crippen LogP contribution < -0.4 is 5.32 Å². The minimum Gasteiger partial charge on any atom is -0.462 e. The van der Waals surface area contributed by atoms with Crippen LogP contribution in [-0.4, -0.2) is 33.9 Å². The fourth-order valence-electron chi connectivity index (χ4n) is 3.15. The van der Waals surface area contributed by atoms with Crippen molar-refractivity contribution < 1.29 is 9.21 Å². The van der Waals surface area contributed by atoms with E-state index in [0.29, 0.717) is 21.6 Å². The molecular formula is C18H20N4O2S2. The minimum atomic E-state index is -0.244. The maximum Gasteiger partial charge on any atom is 0.276 e. The van der Waals surface area contributed by atoms with Gasteiger partial charge in [0.1, 0.15) is 5.69 Å². The standard InChI is InChI=1S/C18H20N4O2S2/c1-12-4-2-6-22(8-12)9-13-10-26-18(19-13)21-16(23)14-11-25-17(20-14)15-5-3-7-24-15/h3,5,7,10-12H,2,4,6,8-9H2,1H3,(H,19,21,23). The molecule has 0 aromatic carbocycles. The van der Waals surface area contributed by atoms with E-state index in [2.05, 4.69) is 27.1 Å². The number of amides is 1. The van der Waals surface area contributed by atoms with Gasteiger partial charge in [-0.05, 0) is 37.4 Å². The highest BCUT2D eigenvalue weighted by Gasteiger charge is 2.18. The summed E-state index contributed by atoms with van der Waals surface area (Å²) < 4.78 is 5.32. The number of nitrogens with one attached hydrogen (secondary N) is 1. The van der Waals surface area contributed by atoms with Crippen molar-refractivity contribution in [1.82, 2.24) is 14.9 Å². The Bertz CT molecular complexity index is 872. The number of aromatic nitrogens is 2. The summed E-state index contributed by atoms with van der Waals surface area (Å²) in [7, 11) is 0. The van der Waals surface area contributed by atoms with Crippen molar-refractivity contribution in [2.45, 2.75) is 26.3 Å². The molecule has 136 valence electrons. The monoisotopic (exact) mass is 388 g/mol. The average molecular weight is 389 g/mol. The summed E-state index contributed by atoms with van der Waals surface area (Å²) in [6, 6.07) is 3.63. The van der Waals surface area contributed by atoms with Crippen LogP contribution in [0.25, 0.3) is 10.8 Å². The number of nitrogens with zero attached hydrogens (tertiary/aromatic N) is 3. The largest absolute Gasteiger partial charge is 0.462 e. The SMILES string of the molecule is CC1CCCN(Cc2csc(NC(=O)c3csc(-c4ccco4)n3)n2)C1. The molecule has 1 N–H and O–H groups in total. The second-order valence-electron chi connectivity index (χ2n) is 6.60. The maximum atomic E-state index is 12.4. The molecule has 1 aliphatic heterocycles. The summed E-state index contributed by atoms with van der Waals surface area (Å²) in [5.41, 5.74) is 1.39. The van der Waals surface area contributed by atoms with E-state index in [9.17, 15) is 4.79 Å². The van der Waals surface area contributed by atoms with Gasteiger partial charge in [0.15, 0.2) is 15.9 Å². The Morgan fingerprint density at radius 2 is 2.31 bits per heavy atom. The van der Waals surface area contributed by atoms with Crippen molar-refractivity contribution >= 4 is 33.7 Å². The summed E-state index contributed by atoms with van der Waals surface area (Å²) in [5.74, 6) is 1.17. The quantitative estimate of drug-likeness (QED) is 0.704. The van der Waals surface area contributed by atoms with Crippen molar-refractivity contribution in [2.75, 3.05) is 18.4 Å². The van der Waals surface area contributed by atoms with Crippen molar-refractivity contribution in [3.8, 4) is 10.8 Å². The molecule has 8 heteroatoms. The lowest BCUT2D eigenvalue weighted by Gasteiger charge is -2.30. The number of carbonyl (C=O) groups is 1. The number of hydrogen-bond acceptors (Lipinski definition) is 7. The topological polar surface area (TPSA) is 71.3 Å². The first kappa shape index (κ1) is 17.4. The van der Waals surface area contributed by atoms with Gasteiger partial charge >= 0.3 is 0 Å². The number of piperidine rings is 1. The smallest absolute Gasteiger partial charge is 0.276 e. The molecule has 4 heterocycles. The molecule has 26 heavy (non-hydrogen) atoms. The van der Waals surface area contributed by atoms with E-state index in [1.807, 2.05) is 11.4 Å². The van der Waals surface area contributed by atoms with Crippen LogP contribution in [0, 0.1) is 5.92 Å². The molecule has 0 aliphatic carbocycles. The van der Waals surface area contributed by atoms with Gasteiger partial charge in [-0.15, -0.1) is 22.7 Å². The molecule has 1 saturated heterocycles. The van der Waals surface area contributed by atoms with Gasteiger partial charge in [0, 0.05) is 23.8 Å². The number of likely N-dealkylation sites (tertiary alicyclic amines) is 1. The van der Waals surface area contributed by atoms with Crippen LogP contribution in [0.15, 0.2) is 33.6 Å². The Balaban J connectivity index is 1.37. The molecule has 1 atom stereocenters. The molecule has 1 amide bonds. The van der Waals surface area contributed by atoms with Crippen molar-refractivity contribution in [3.05, 3.63) is 40.5 Å². The van der Waals surface area contributed by atoms with Crippen LogP contribution in [0.1, 0.15) is 35.9 Å². The average Bonchev–Trinajstić information content (AvgIpc) is 3.36. The van der Waals surface area contributed by atoms with Crippen LogP contribution in [0.3, 0.4) is 0 Å². The van der Waals surface area contributed by atoms with Crippen LogP contribution >= 0.6 is 22.7 Å². The van der Waals surface area contributed by atoms with E-state index in [1.165, 1.54) is 35.5 Å². The lowest BCUT2D eigenvalue weighted by Crippen LogP contribution is -2.33. The molecule has 0 saturated carbocycles. The molecule has 1 aliphatic rings. The van der Waals surface area contributed by atoms with E-state index in [-0.39, 0.29) is 5.91 Å². The van der Waals surface area contributed by atoms with Crippen LogP contribution in [0.5, 0.6) is 0 Å². The van der Waals surface area contributed by atoms with E-state index in [0.717, 1.165) is 31.2 Å². The van der Waals surface area contributed by atoms with Gasteiger partial charge in [-0.25, -0.2) is 9.97 Å². The summed E-state index contributed by atoms with van der Waals surface area (Å²) in [4.78, 5) is 23.7. The molecule has 3 aromatic heterocycles. The zero-order chi connectivity index (χ0) is 17.9. The Morgan fingerprint density at radius 3 is 3.12 bits per heavy atom. The number of anilines is 1. The number of carbonyl (C=O) groups excluding carboxylic acids is 1. The molecule has 1 fully saturated rings. The highest BCUT2D eigenvalue weighted by molar-refractivity contribution is 7.14. The first-order chi connectivity index (χ1) is 12.7. The normalized spacial score (nSPS) is 18.1. The summed E-state index contributed by atoms with van der Waals surface area (Å²) >= 11 is 2.84. The Morgan fingerprint density at radius 1 is 1.38 bits per heavy atom.